The SMILES string of the molecule is CC(C)C(=O)c1ncc(-c2cccc(Cl)c2)cc1NC(=O)OC(C)(C)C. The van der Waals surface area contributed by atoms with Crippen LogP contribution in [0.2, 0.25) is 5.02 Å². The second kappa shape index (κ2) is 7.87. The highest BCUT2D eigenvalue weighted by molar-refractivity contribution is 6.30. The van der Waals surface area contributed by atoms with Crippen molar-refractivity contribution in [2.45, 2.75) is 40.2 Å². The quantitative estimate of drug-likeness (QED) is 0.708. The molecule has 0 aliphatic heterocycles. The molecule has 1 aromatic carbocycles. The second-order valence-corrected chi connectivity index (χ2v) is 7.71. The van der Waals surface area contributed by atoms with Crippen molar-refractivity contribution in [3.8, 4) is 11.1 Å². The van der Waals surface area contributed by atoms with Crippen LogP contribution in [0.25, 0.3) is 11.1 Å². The van der Waals surface area contributed by atoms with E-state index in [1.165, 1.54) is 0 Å². The predicted octanol–water partition coefficient (Wildman–Crippen LogP) is 5.59. The largest absolute Gasteiger partial charge is 0.444 e. The van der Waals surface area contributed by atoms with Gasteiger partial charge in [0.25, 0.3) is 0 Å². The van der Waals surface area contributed by atoms with Crippen molar-refractivity contribution in [1.29, 1.82) is 0 Å². The summed E-state index contributed by atoms with van der Waals surface area (Å²) in [5.41, 5.74) is 1.44. The first-order valence-corrected chi connectivity index (χ1v) is 8.75. The van der Waals surface area contributed by atoms with Crippen molar-refractivity contribution in [2.75, 3.05) is 5.32 Å². The molecule has 1 heterocycles. The summed E-state index contributed by atoms with van der Waals surface area (Å²) in [6.07, 6.45) is 0.960. The molecule has 0 atom stereocenters. The molecule has 0 saturated heterocycles. The van der Waals surface area contributed by atoms with Crippen molar-refractivity contribution in [3.05, 3.63) is 47.2 Å². The minimum absolute atomic E-state index is 0.159. The molecule has 2 rings (SSSR count). The van der Waals surface area contributed by atoms with E-state index in [1.807, 2.05) is 12.1 Å². The highest BCUT2D eigenvalue weighted by Crippen LogP contribution is 2.27. The number of anilines is 1. The second-order valence-electron chi connectivity index (χ2n) is 7.28. The van der Waals surface area contributed by atoms with Crippen LogP contribution in [-0.2, 0) is 4.74 Å². The highest BCUT2D eigenvalue weighted by atomic mass is 35.5. The van der Waals surface area contributed by atoms with Gasteiger partial charge in [-0.1, -0.05) is 37.6 Å². The number of ether oxygens (including phenoxy) is 1. The van der Waals surface area contributed by atoms with Gasteiger partial charge in [0.15, 0.2) is 5.78 Å². The Balaban J connectivity index is 2.44. The lowest BCUT2D eigenvalue weighted by Gasteiger charge is -2.20. The van der Waals surface area contributed by atoms with Crippen LogP contribution >= 0.6 is 11.6 Å². The van der Waals surface area contributed by atoms with Crippen molar-refractivity contribution in [1.82, 2.24) is 4.98 Å². The topological polar surface area (TPSA) is 68.3 Å². The van der Waals surface area contributed by atoms with E-state index in [4.69, 9.17) is 16.3 Å². The Kier molecular flexibility index (Phi) is 6.03. The third-order valence-corrected chi connectivity index (χ3v) is 3.67. The van der Waals surface area contributed by atoms with Gasteiger partial charge < -0.3 is 4.74 Å². The minimum atomic E-state index is -0.649. The van der Waals surface area contributed by atoms with E-state index < -0.39 is 11.7 Å². The number of nitrogens with zero attached hydrogens (tertiary/aromatic N) is 1. The Morgan fingerprint density at radius 2 is 1.85 bits per heavy atom. The molecule has 1 amide bonds. The van der Waals surface area contributed by atoms with Crippen LogP contribution in [0.4, 0.5) is 10.5 Å². The molecule has 1 aromatic heterocycles. The molecule has 0 spiro atoms. The summed E-state index contributed by atoms with van der Waals surface area (Å²) in [5.74, 6) is -0.410. The first-order valence-electron chi connectivity index (χ1n) is 8.37. The molecule has 0 bridgehead atoms. The van der Waals surface area contributed by atoms with Gasteiger partial charge in [-0.15, -0.1) is 0 Å². The number of amides is 1. The molecule has 0 fully saturated rings. The van der Waals surface area contributed by atoms with E-state index in [0.29, 0.717) is 10.7 Å². The molecule has 0 aliphatic carbocycles. The van der Waals surface area contributed by atoms with Crippen LogP contribution in [0.5, 0.6) is 0 Å². The number of ketones is 1. The fourth-order valence-corrected chi connectivity index (χ4v) is 2.46. The molecule has 6 heteroatoms. The summed E-state index contributed by atoms with van der Waals surface area (Å²) < 4.78 is 5.29. The Morgan fingerprint density at radius 1 is 1.15 bits per heavy atom. The Morgan fingerprint density at radius 3 is 2.42 bits per heavy atom. The fraction of sp³-hybridized carbons (Fsp3) is 0.350. The van der Waals surface area contributed by atoms with Gasteiger partial charge in [0.1, 0.15) is 11.3 Å². The first-order chi connectivity index (χ1) is 12.1. The lowest BCUT2D eigenvalue weighted by molar-refractivity contribution is 0.0636. The van der Waals surface area contributed by atoms with Gasteiger partial charge in [-0.05, 0) is 44.5 Å². The fourth-order valence-electron chi connectivity index (χ4n) is 2.27. The molecule has 2 aromatic rings. The van der Waals surface area contributed by atoms with Crippen LogP contribution in [0.15, 0.2) is 36.5 Å². The van der Waals surface area contributed by atoms with Crippen LogP contribution < -0.4 is 5.32 Å². The summed E-state index contributed by atoms with van der Waals surface area (Å²) in [6, 6.07) is 8.98. The molecule has 26 heavy (non-hydrogen) atoms. The molecular weight excluding hydrogens is 352 g/mol. The highest BCUT2D eigenvalue weighted by Gasteiger charge is 2.22. The van der Waals surface area contributed by atoms with Crippen LogP contribution in [-0.4, -0.2) is 22.5 Å². The third-order valence-electron chi connectivity index (χ3n) is 3.44. The lowest BCUT2D eigenvalue weighted by Crippen LogP contribution is -2.28. The number of pyridine rings is 1. The number of aromatic nitrogens is 1. The van der Waals surface area contributed by atoms with Crippen molar-refractivity contribution in [3.63, 3.8) is 0 Å². The lowest BCUT2D eigenvalue weighted by atomic mass is 10.0. The molecule has 1 N–H and O–H groups in total. The number of Topliss-reactive ketones (excluding diaryl/α,β-unsaturated/α-hetero) is 1. The zero-order chi connectivity index (χ0) is 19.5. The Bertz CT molecular complexity index is 826. The van der Waals surface area contributed by atoms with Gasteiger partial charge in [0.2, 0.25) is 0 Å². The number of hydrogen-bond acceptors (Lipinski definition) is 4. The summed E-state index contributed by atoms with van der Waals surface area (Å²) >= 11 is 6.05. The zero-order valence-electron chi connectivity index (χ0n) is 15.6. The third kappa shape index (κ3) is 5.30. The Labute approximate surface area is 158 Å². The first kappa shape index (κ1) is 19.9. The molecular formula is C20H23ClN2O3. The van der Waals surface area contributed by atoms with Crippen molar-refractivity contribution >= 4 is 29.2 Å². The van der Waals surface area contributed by atoms with Crippen LogP contribution in [0.1, 0.15) is 45.1 Å². The van der Waals surface area contributed by atoms with E-state index in [0.717, 1.165) is 11.1 Å². The summed E-state index contributed by atoms with van der Waals surface area (Å²) in [6.45, 7) is 8.88. The van der Waals surface area contributed by atoms with E-state index in [9.17, 15) is 9.59 Å². The average Bonchev–Trinajstić information content (AvgIpc) is 2.52. The zero-order valence-corrected chi connectivity index (χ0v) is 16.3. The van der Waals surface area contributed by atoms with Gasteiger partial charge >= 0.3 is 6.09 Å². The predicted molar refractivity (Wildman–Crippen MR) is 104 cm³/mol. The van der Waals surface area contributed by atoms with E-state index in [1.54, 1.807) is 59.0 Å². The summed E-state index contributed by atoms with van der Waals surface area (Å²) in [4.78, 5) is 28.9. The van der Waals surface area contributed by atoms with Gasteiger partial charge in [-0.25, -0.2) is 4.79 Å². The number of rotatable bonds is 4. The van der Waals surface area contributed by atoms with Crippen molar-refractivity contribution in [2.24, 2.45) is 5.92 Å². The molecule has 138 valence electrons. The van der Waals surface area contributed by atoms with Crippen LogP contribution in [0, 0.1) is 5.92 Å². The van der Waals surface area contributed by atoms with E-state index >= 15 is 0 Å². The number of hydrogen-bond donors (Lipinski definition) is 1. The maximum absolute atomic E-state index is 12.5. The van der Waals surface area contributed by atoms with Crippen LogP contribution in [0.3, 0.4) is 0 Å². The van der Waals surface area contributed by atoms with Gasteiger partial charge in [0, 0.05) is 22.7 Å². The number of carbonyl (C=O) groups is 2. The summed E-state index contributed by atoms with van der Waals surface area (Å²) in [5, 5.41) is 3.24. The standard InChI is InChI=1S/C20H23ClN2O3/c1-12(2)18(24)17-16(23-19(25)26-20(3,4)5)10-14(11-22-17)13-7-6-8-15(21)9-13/h6-12H,1-5H3,(H,23,25). The van der Waals surface area contributed by atoms with Gasteiger partial charge in [0.05, 0.1) is 5.69 Å². The van der Waals surface area contributed by atoms with Gasteiger partial charge in [-0.3, -0.25) is 15.1 Å². The van der Waals surface area contributed by atoms with E-state index in [2.05, 4.69) is 10.3 Å². The van der Waals surface area contributed by atoms with Gasteiger partial charge in [-0.2, -0.15) is 0 Å². The molecule has 0 aliphatic rings. The van der Waals surface area contributed by atoms with Crippen molar-refractivity contribution < 1.29 is 14.3 Å². The maximum Gasteiger partial charge on any atom is 0.412 e. The number of nitrogens with one attached hydrogen (secondary N) is 1. The molecule has 5 nitrogen and oxygen atoms in total. The van der Waals surface area contributed by atoms with E-state index in [-0.39, 0.29) is 17.4 Å². The number of halogens is 1. The smallest absolute Gasteiger partial charge is 0.412 e. The molecule has 0 saturated carbocycles. The normalized spacial score (nSPS) is 11.3. The number of carbonyl (C=O) groups excluding carboxylic acids is 2. The average molecular weight is 375 g/mol. The summed E-state index contributed by atoms with van der Waals surface area (Å²) in [7, 11) is 0. The minimum Gasteiger partial charge on any atom is -0.444 e. The monoisotopic (exact) mass is 374 g/mol. The molecule has 0 unspecified atom stereocenters. The maximum atomic E-state index is 12.5. The molecule has 0 radical (unpaired) electrons. The number of benzene rings is 1. The Hall–Kier alpha value is -2.40.